The van der Waals surface area contributed by atoms with Gasteiger partial charge in [0.15, 0.2) is 6.39 Å². The topological polar surface area (TPSA) is 77.2 Å². The Hall–Kier alpha value is -3.15. The van der Waals surface area contributed by atoms with Gasteiger partial charge in [-0.05, 0) is 23.8 Å². The number of hydrogen-bond acceptors (Lipinski definition) is 5. The number of amides is 1. The summed E-state index contributed by atoms with van der Waals surface area (Å²) in [7, 11) is 1.62. The average molecular weight is 309 g/mol. The first-order valence-corrected chi connectivity index (χ1v) is 7.01. The van der Waals surface area contributed by atoms with Gasteiger partial charge in [-0.15, -0.1) is 0 Å². The Bertz CT molecular complexity index is 783. The van der Waals surface area contributed by atoms with Crippen molar-refractivity contribution in [3.05, 3.63) is 66.6 Å². The third kappa shape index (κ3) is 3.55. The number of aromatic nitrogens is 2. The zero-order valence-electron chi connectivity index (χ0n) is 12.5. The van der Waals surface area contributed by atoms with Crippen LogP contribution in [-0.2, 0) is 6.54 Å². The van der Waals surface area contributed by atoms with E-state index in [1.54, 1.807) is 19.4 Å². The minimum absolute atomic E-state index is 0.212. The first-order chi connectivity index (χ1) is 11.3. The van der Waals surface area contributed by atoms with Crippen molar-refractivity contribution < 1.29 is 13.9 Å². The fourth-order valence-electron chi connectivity index (χ4n) is 2.10. The normalized spacial score (nSPS) is 10.3. The summed E-state index contributed by atoms with van der Waals surface area (Å²) in [6.45, 7) is 0.308. The molecule has 0 aliphatic heterocycles. The standard InChI is InChI=1S/C17H15N3O3/c1-22-16-4-2-12(3-5-16)13-6-14(8-18-7-13)17(21)19-9-15-10-23-11-20-15/h2-8,10-11H,9H2,1H3,(H,19,21). The Morgan fingerprint density at radius 2 is 2.04 bits per heavy atom. The van der Waals surface area contributed by atoms with Gasteiger partial charge in [0.25, 0.3) is 5.91 Å². The summed E-state index contributed by atoms with van der Waals surface area (Å²) in [4.78, 5) is 20.3. The lowest BCUT2D eigenvalue weighted by atomic mass is 10.1. The highest BCUT2D eigenvalue weighted by Crippen LogP contribution is 2.22. The molecule has 2 heterocycles. The van der Waals surface area contributed by atoms with Gasteiger partial charge < -0.3 is 14.5 Å². The number of hydrogen-bond donors (Lipinski definition) is 1. The maximum Gasteiger partial charge on any atom is 0.253 e. The smallest absolute Gasteiger partial charge is 0.253 e. The molecule has 23 heavy (non-hydrogen) atoms. The molecule has 1 aromatic carbocycles. The van der Waals surface area contributed by atoms with Crippen LogP contribution in [0.15, 0.2) is 59.8 Å². The first-order valence-electron chi connectivity index (χ1n) is 7.01. The molecule has 0 saturated heterocycles. The molecule has 0 spiro atoms. The van der Waals surface area contributed by atoms with Crippen molar-refractivity contribution in [2.24, 2.45) is 0 Å². The number of pyridine rings is 1. The van der Waals surface area contributed by atoms with Gasteiger partial charge in [-0.1, -0.05) is 12.1 Å². The number of benzene rings is 1. The Morgan fingerprint density at radius 1 is 1.22 bits per heavy atom. The second kappa shape index (κ2) is 6.74. The number of ether oxygens (including phenoxy) is 1. The Kier molecular flexibility index (Phi) is 4.33. The van der Waals surface area contributed by atoms with Crippen molar-refractivity contribution in [1.29, 1.82) is 0 Å². The van der Waals surface area contributed by atoms with Crippen LogP contribution in [0.1, 0.15) is 16.1 Å². The molecule has 1 N–H and O–H groups in total. The number of methoxy groups -OCH3 is 1. The molecule has 0 bridgehead atoms. The number of oxazole rings is 1. The maximum absolute atomic E-state index is 12.2. The van der Waals surface area contributed by atoms with Crippen molar-refractivity contribution in [2.45, 2.75) is 6.54 Å². The maximum atomic E-state index is 12.2. The quantitative estimate of drug-likeness (QED) is 0.784. The summed E-state index contributed by atoms with van der Waals surface area (Å²) >= 11 is 0. The SMILES string of the molecule is COc1ccc(-c2cncc(C(=O)NCc3cocn3)c2)cc1. The van der Waals surface area contributed by atoms with Crippen LogP contribution in [0.2, 0.25) is 0 Å². The van der Waals surface area contributed by atoms with Crippen LogP contribution in [-0.4, -0.2) is 23.0 Å². The van der Waals surface area contributed by atoms with Crippen molar-refractivity contribution in [3.8, 4) is 16.9 Å². The predicted molar refractivity (Wildman–Crippen MR) is 83.9 cm³/mol. The van der Waals surface area contributed by atoms with E-state index in [2.05, 4.69) is 15.3 Å². The molecular weight excluding hydrogens is 294 g/mol. The van der Waals surface area contributed by atoms with Crippen molar-refractivity contribution in [2.75, 3.05) is 7.11 Å². The molecule has 0 aliphatic rings. The van der Waals surface area contributed by atoms with Crippen molar-refractivity contribution >= 4 is 5.91 Å². The Labute approximate surface area is 133 Å². The summed E-state index contributed by atoms with van der Waals surface area (Å²) < 4.78 is 10.0. The zero-order chi connectivity index (χ0) is 16.1. The number of carbonyl (C=O) groups is 1. The molecule has 0 fully saturated rings. The van der Waals surface area contributed by atoms with E-state index in [0.29, 0.717) is 17.8 Å². The summed E-state index contributed by atoms with van der Waals surface area (Å²) in [6.07, 6.45) is 6.07. The number of rotatable bonds is 5. The van der Waals surface area contributed by atoms with Gasteiger partial charge in [0.1, 0.15) is 12.0 Å². The minimum Gasteiger partial charge on any atom is -0.497 e. The molecule has 0 saturated carbocycles. The van der Waals surface area contributed by atoms with E-state index in [4.69, 9.17) is 9.15 Å². The molecule has 0 unspecified atom stereocenters. The van der Waals surface area contributed by atoms with Crippen molar-refractivity contribution in [1.82, 2.24) is 15.3 Å². The number of carbonyl (C=O) groups excluding carboxylic acids is 1. The van der Waals surface area contributed by atoms with Gasteiger partial charge in [0, 0.05) is 18.0 Å². The molecule has 116 valence electrons. The van der Waals surface area contributed by atoms with E-state index >= 15 is 0 Å². The van der Waals surface area contributed by atoms with Crippen LogP contribution in [0.3, 0.4) is 0 Å². The highest BCUT2D eigenvalue weighted by atomic mass is 16.5. The molecule has 0 aliphatic carbocycles. The fourth-order valence-corrected chi connectivity index (χ4v) is 2.10. The van der Waals surface area contributed by atoms with E-state index in [9.17, 15) is 4.79 Å². The molecule has 0 atom stereocenters. The largest absolute Gasteiger partial charge is 0.497 e. The molecule has 6 heteroatoms. The van der Waals surface area contributed by atoms with Crippen LogP contribution >= 0.6 is 0 Å². The molecular formula is C17H15N3O3. The van der Waals surface area contributed by atoms with E-state index in [-0.39, 0.29) is 5.91 Å². The predicted octanol–water partition coefficient (Wildman–Crippen LogP) is 2.68. The molecule has 1 amide bonds. The summed E-state index contributed by atoms with van der Waals surface area (Å²) in [5.41, 5.74) is 2.98. The zero-order valence-corrected chi connectivity index (χ0v) is 12.5. The molecule has 3 aromatic rings. The fraction of sp³-hybridized carbons (Fsp3) is 0.118. The van der Waals surface area contributed by atoms with Crippen LogP contribution in [0.5, 0.6) is 5.75 Å². The second-order valence-electron chi connectivity index (χ2n) is 4.85. The summed E-state index contributed by atoms with van der Waals surface area (Å²) in [5.74, 6) is 0.569. The van der Waals surface area contributed by atoms with E-state index in [1.165, 1.54) is 18.9 Å². The van der Waals surface area contributed by atoms with E-state index in [1.807, 2.05) is 24.3 Å². The van der Waals surface area contributed by atoms with E-state index < -0.39 is 0 Å². The van der Waals surface area contributed by atoms with Gasteiger partial charge in [0.05, 0.1) is 24.9 Å². The lowest BCUT2D eigenvalue weighted by Gasteiger charge is -2.06. The monoisotopic (exact) mass is 309 g/mol. The first kappa shape index (κ1) is 14.8. The number of nitrogens with zero attached hydrogens (tertiary/aromatic N) is 2. The van der Waals surface area contributed by atoms with Gasteiger partial charge in [-0.3, -0.25) is 9.78 Å². The number of nitrogens with one attached hydrogen (secondary N) is 1. The van der Waals surface area contributed by atoms with Crippen LogP contribution < -0.4 is 10.1 Å². The summed E-state index contributed by atoms with van der Waals surface area (Å²) in [5, 5.41) is 2.78. The van der Waals surface area contributed by atoms with E-state index in [0.717, 1.165) is 16.9 Å². The lowest BCUT2D eigenvalue weighted by molar-refractivity contribution is 0.0950. The van der Waals surface area contributed by atoms with Crippen molar-refractivity contribution in [3.63, 3.8) is 0 Å². The molecule has 3 rings (SSSR count). The molecule has 6 nitrogen and oxygen atoms in total. The van der Waals surface area contributed by atoms with Gasteiger partial charge >= 0.3 is 0 Å². The highest BCUT2D eigenvalue weighted by molar-refractivity contribution is 5.95. The van der Waals surface area contributed by atoms with Crippen LogP contribution in [0.25, 0.3) is 11.1 Å². The van der Waals surface area contributed by atoms with Gasteiger partial charge in [-0.2, -0.15) is 0 Å². The van der Waals surface area contributed by atoms with Crippen LogP contribution in [0.4, 0.5) is 0 Å². The van der Waals surface area contributed by atoms with Gasteiger partial charge in [-0.25, -0.2) is 4.98 Å². The molecule has 2 aromatic heterocycles. The Morgan fingerprint density at radius 3 is 2.74 bits per heavy atom. The lowest BCUT2D eigenvalue weighted by Crippen LogP contribution is -2.23. The average Bonchev–Trinajstić information content (AvgIpc) is 3.13. The highest BCUT2D eigenvalue weighted by Gasteiger charge is 2.09. The third-order valence-electron chi connectivity index (χ3n) is 3.34. The summed E-state index contributed by atoms with van der Waals surface area (Å²) in [6, 6.07) is 9.38. The molecule has 0 radical (unpaired) electrons. The van der Waals surface area contributed by atoms with Crippen LogP contribution in [0, 0.1) is 0 Å². The third-order valence-corrected chi connectivity index (χ3v) is 3.34. The Balaban J connectivity index is 1.74. The second-order valence-corrected chi connectivity index (χ2v) is 4.85. The minimum atomic E-state index is -0.212. The van der Waals surface area contributed by atoms with Gasteiger partial charge in [0.2, 0.25) is 0 Å².